The van der Waals surface area contributed by atoms with Crippen molar-refractivity contribution in [2.45, 2.75) is 0 Å². The lowest BCUT2D eigenvalue weighted by atomic mass is 10.2. The summed E-state index contributed by atoms with van der Waals surface area (Å²) >= 11 is 11.8. The molecule has 4 nitrogen and oxygen atoms in total. The van der Waals surface area contributed by atoms with Crippen molar-refractivity contribution in [3.05, 3.63) is 63.9 Å². The minimum absolute atomic E-state index is 0.406. The molecule has 0 atom stereocenters. The molecule has 0 spiro atoms. The van der Waals surface area contributed by atoms with Crippen molar-refractivity contribution in [2.24, 2.45) is 10.2 Å². The maximum Gasteiger partial charge on any atom is 0.240 e. The highest BCUT2D eigenvalue weighted by molar-refractivity contribution is 6.42. The average molecular weight is 308 g/mol. The van der Waals surface area contributed by atoms with Crippen molar-refractivity contribution in [1.82, 2.24) is 4.98 Å². The lowest BCUT2D eigenvalue weighted by Crippen LogP contribution is -2.02. The first kappa shape index (κ1) is 14.5. The summed E-state index contributed by atoms with van der Waals surface area (Å²) in [4.78, 5) is 3.93. The molecule has 0 saturated carbocycles. The summed E-state index contributed by atoms with van der Waals surface area (Å²) in [6.45, 7) is 0. The lowest BCUT2D eigenvalue weighted by molar-refractivity contribution is 0.403. The Labute approximate surface area is 126 Å². The topological polar surface area (TPSA) is 46.8 Å². The first-order valence-corrected chi connectivity index (χ1v) is 6.47. The fourth-order valence-corrected chi connectivity index (χ4v) is 1.76. The van der Waals surface area contributed by atoms with Gasteiger partial charge in [0.25, 0.3) is 0 Å². The molecule has 1 aromatic carbocycles. The molecule has 0 radical (unpaired) electrons. The Morgan fingerprint density at radius 3 is 2.55 bits per heavy atom. The Hall–Kier alpha value is -1.91. The minimum atomic E-state index is 0.406. The second-order valence-corrected chi connectivity index (χ2v) is 4.58. The van der Waals surface area contributed by atoms with E-state index in [2.05, 4.69) is 15.2 Å². The third-order valence-corrected chi connectivity index (χ3v) is 3.16. The summed E-state index contributed by atoms with van der Waals surface area (Å²) in [7, 11) is 1.54. The van der Waals surface area contributed by atoms with E-state index in [1.807, 2.05) is 0 Å². The van der Waals surface area contributed by atoms with Crippen LogP contribution in [0.4, 0.5) is 0 Å². The summed E-state index contributed by atoms with van der Waals surface area (Å²) < 4.78 is 5.18. The molecular weight excluding hydrogens is 297 g/mol. The van der Waals surface area contributed by atoms with Gasteiger partial charge in [-0.15, -0.1) is 5.10 Å². The number of methoxy groups -OCH3 is 1. The van der Waals surface area contributed by atoms with Gasteiger partial charge in [-0.25, -0.2) is 0 Å². The standard InChI is InChI=1S/C14H11Cl2N3O/c1-20-14(11-4-6-17-7-5-11)19-18-9-10-2-3-12(15)13(16)8-10/h2-9H,1H3/b18-9+,19-14-. The molecule has 102 valence electrons. The number of aromatic nitrogens is 1. The van der Waals surface area contributed by atoms with E-state index in [1.165, 1.54) is 7.11 Å². The summed E-state index contributed by atoms with van der Waals surface area (Å²) in [5.41, 5.74) is 1.60. The Bertz CT molecular complexity index is 642. The first-order valence-electron chi connectivity index (χ1n) is 5.71. The molecule has 0 aliphatic rings. The van der Waals surface area contributed by atoms with Crippen molar-refractivity contribution in [3.63, 3.8) is 0 Å². The van der Waals surface area contributed by atoms with E-state index in [9.17, 15) is 0 Å². The number of ether oxygens (including phenoxy) is 1. The van der Waals surface area contributed by atoms with Gasteiger partial charge >= 0.3 is 0 Å². The number of nitrogens with zero attached hydrogens (tertiary/aromatic N) is 3. The molecule has 0 N–H and O–H groups in total. The third-order valence-electron chi connectivity index (χ3n) is 2.42. The van der Waals surface area contributed by atoms with Crippen LogP contribution in [0.3, 0.4) is 0 Å². The van der Waals surface area contributed by atoms with Crippen LogP contribution in [0, 0.1) is 0 Å². The fourth-order valence-electron chi connectivity index (χ4n) is 1.45. The van der Waals surface area contributed by atoms with Crippen molar-refractivity contribution in [1.29, 1.82) is 0 Å². The molecule has 1 aromatic heterocycles. The van der Waals surface area contributed by atoms with Gasteiger partial charge in [0, 0.05) is 18.0 Å². The molecule has 0 aliphatic carbocycles. The molecule has 0 amide bonds. The van der Waals surface area contributed by atoms with Crippen LogP contribution in [0.2, 0.25) is 10.0 Å². The zero-order valence-corrected chi connectivity index (χ0v) is 12.1. The predicted molar refractivity (Wildman–Crippen MR) is 81.8 cm³/mol. The maximum atomic E-state index is 5.92. The largest absolute Gasteiger partial charge is 0.479 e. The van der Waals surface area contributed by atoms with Gasteiger partial charge in [0.05, 0.1) is 23.4 Å². The van der Waals surface area contributed by atoms with Crippen LogP contribution in [0.5, 0.6) is 0 Å². The van der Waals surface area contributed by atoms with Gasteiger partial charge < -0.3 is 4.74 Å². The lowest BCUT2D eigenvalue weighted by Gasteiger charge is -2.01. The number of pyridine rings is 1. The summed E-state index contributed by atoms with van der Waals surface area (Å²) in [5.74, 6) is 0.406. The molecule has 2 aromatic rings. The van der Waals surface area contributed by atoms with Gasteiger partial charge in [-0.05, 0) is 29.8 Å². The Morgan fingerprint density at radius 1 is 1.15 bits per heavy atom. The molecule has 0 fully saturated rings. The quantitative estimate of drug-likeness (QED) is 0.492. The second kappa shape index (κ2) is 7.03. The maximum absolute atomic E-state index is 5.92. The average Bonchev–Trinajstić information content (AvgIpc) is 2.48. The second-order valence-electron chi connectivity index (χ2n) is 3.76. The van der Waals surface area contributed by atoms with E-state index in [0.717, 1.165) is 11.1 Å². The molecule has 0 aliphatic heterocycles. The summed E-state index contributed by atoms with van der Waals surface area (Å²) in [6, 6.07) is 8.79. The summed E-state index contributed by atoms with van der Waals surface area (Å²) in [6.07, 6.45) is 4.89. The van der Waals surface area contributed by atoms with Crippen LogP contribution in [-0.2, 0) is 4.74 Å². The van der Waals surface area contributed by atoms with Crippen molar-refractivity contribution < 1.29 is 4.74 Å². The molecule has 1 heterocycles. The van der Waals surface area contributed by atoms with Gasteiger partial charge in [0.1, 0.15) is 0 Å². The number of halogens is 2. The zero-order chi connectivity index (χ0) is 14.4. The monoisotopic (exact) mass is 307 g/mol. The van der Waals surface area contributed by atoms with Gasteiger partial charge in [-0.2, -0.15) is 5.10 Å². The van der Waals surface area contributed by atoms with E-state index in [4.69, 9.17) is 27.9 Å². The Morgan fingerprint density at radius 2 is 1.90 bits per heavy atom. The van der Waals surface area contributed by atoms with Gasteiger partial charge in [-0.1, -0.05) is 29.3 Å². The van der Waals surface area contributed by atoms with Gasteiger partial charge in [-0.3, -0.25) is 4.98 Å². The summed E-state index contributed by atoms with van der Waals surface area (Å²) in [5, 5.41) is 8.97. The van der Waals surface area contributed by atoms with Crippen LogP contribution in [-0.4, -0.2) is 24.2 Å². The SMILES string of the molecule is CO/C(=N\N=C\c1ccc(Cl)c(Cl)c1)c1ccncc1. The first-order chi connectivity index (χ1) is 9.70. The normalized spacial score (nSPS) is 11.8. The van der Waals surface area contributed by atoms with E-state index >= 15 is 0 Å². The van der Waals surface area contributed by atoms with E-state index < -0.39 is 0 Å². The highest BCUT2D eigenvalue weighted by atomic mass is 35.5. The van der Waals surface area contributed by atoms with Crippen LogP contribution in [0.25, 0.3) is 0 Å². The van der Waals surface area contributed by atoms with Crippen LogP contribution in [0.15, 0.2) is 52.9 Å². The van der Waals surface area contributed by atoms with Crippen LogP contribution < -0.4 is 0 Å². The number of hydrogen-bond donors (Lipinski definition) is 0. The van der Waals surface area contributed by atoms with E-state index in [0.29, 0.717) is 15.9 Å². The predicted octanol–water partition coefficient (Wildman–Crippen LogP) is 3.82. The van der Waals surface area contributed by atoms with Crippen molar-refractivity contribution in [3.8, 4) is 0 Å². The van der Waals surface area contributed by atoms with Gasteiger partial charge in [0.15, 0.2) is 0 Å². The smallest absolute Gasteiger partial charge is 0.240 e. The zero-order valence-electron chi connectivity index (χ0n) is 10.6. The highest BCUT2D eigenvalue weighted by Gasteiger charge is 2.01. The van der Waals surface area contributed by atoms with E-state index in [-0.39, 0.29) is 0 Å². The molecule has 20 heavy (non-hydrogen) atoms. The van der Waals surface area contributed by atoms with Crippen LogP contribution >= 0.6 is 23.2 Å². The van der Waals surface area contributed by atoms with Crippen molar-refractivity contribution in [2.75, 3.05) is 7.11 Å². The van der Waals surface area contributed by atoms with E-state index in [1.54, 1.807) is 48.9 Å². The Kier molecular flexibility index (Phi) is 5.09. The molecular formula is C14H11Cl2N3O. The van der Waals surface area contributed by atoms with Gasteiger partial charge in [0.2, 0.25) is 5.90 Å². The molecule has 2 rings (SSSR count). The number of benzene rings is 1. The van der Waals surface area contributed by atoms with Crippen molar-refractivity contribution >= 4 is 35.3 Å². The molecule has 0 unspecified atom stereocenters. The fraction of sp³-hybridized carbons (Fsp3) is 0.0714. The third kappa shape index (κ3) is 3.79. The minimum Gasteiger partial charge on any atom is -0.479 e. The Balaban J connectivity index is 2.18. The number of hydrogen-bond acceptors (Lipinski definition) is 4. The number of rotatable bonds is 3. The molecule has 6 heteroatoms. The molecule has 0 bridgehead atoms. The molecule has 0 saturated heterocycles. The van der Waals surface area contributed by atoms with Crippen LogP contribution in [0.1, 0.15) is 11.1 Å². The highest BCUT2D eigenvalue weighted by Crippen LogP contribution is 2.21.